The van der Waals surface area contributed by atoms with E-state index >= 15 is 0 Å². The van der Waals surface area contributed by atoms with Crippen molar-refractivity contribution in [1.82, 2.24) is 30.2 Å². The Balaban J connectivity index is 1.50. The first-order chi connectivity index (χ1) is 25.3. The van der Waals surface area contributed by atoms with Crippen LogP contribution in [0.25, 0.3) is 11.2 Å². The number of aliphatic carboxylic acids is 1. The summed E-state index contributed by atoms with van der Waals surface area (Å²) in [5.41, 5.74) is 9.34. The van der Waals surface area contributed by atoms with E-state index in [1.54, 1.807) is 0 Å². The number of hydrogen-bond acceptors (Lipinski definition) is 20. The van der Waals surface area contributed by atoms with Crippen molar-refractivity contribution >= 4 is 75.1 Å². The van der Waals surface area contributed by atoms with Crippen LogP contribution in [-0.2, 0) is 55.5 Å². The summed E-state index contributed by atoms with van der Waals surface area (Å²) in [7, 11) is -16.5. The number of carbonyl (C=O) groups is 4. The number of carboxylic acids is 1. The number of aliphatic hydroxyl groups is 2. The molecule has 27 nitrogen and oxygen atoms in total. The van der Waals surface area contributed by atoms with Gasteiger partial charge in [0.1, 0.15) is 36.3 Å². The van der Waals surface area contributed by atoms with E-state index in [4.69, 9.17) is 30.4 Å². The third kappa shape index (κ3) is 13.6. The number of carbonyl (C=O) groups excluding carboxylic acids is 3. The Labute approximate surface area is 313 Å². The number of carboxylic acid groups (broad SMARTS) is 1. The number of aromatic nitrogens is 4. The zero-order chi connectivity index (χ0) is 41.5. The number of aliphatic hydroxyl groups excluding tert-OH is 2. The number of phosphoric acid groups is 3. The molecule has 2 amide bonds. The molecule has 1 fully saturated rings. The van der Waals surface area contributed by atoms with Crippen molar-refractivity contribution < 1.29 is 90.4 Å². The van der Waals surface area contributed by atoms with Gasteiger partial charge in [0, 0.05) is 30.7 Å². The first-order valence-corrected chi connectivity index (χ1v) is 20.9. The fraction of sp³-hybridized carbons (Fsp3) is 0.625. The maximum atomic E-state index is 12.6. The first kappa shape index (κ1) is 46.4. The van der Waals surface area contributed by atoms with Crippen molar-refractivity contribution in [2.45, 2.75) is 57.0 Å². The van der Waals surface area contributed by atoms with Crippen LogP contribution in [0.1, 0.15) is 26.5 Å². The summed E-state index contributed by atoms with van der Waals surface area (Å²) in [6, 6.07) is -1.71. The largest absolute Gasteiger partial charge is 0.481 e. The summed E-state index contributed by atoms with van der Waals surface area (Å²) >= 11 is 0.601. The molecular weight excluding hydrogens is 829 g/mol. The van der Waals surface area contributed by atoms with Crippen LogP contribution in [0.15, 0.2) is 12.7 Å². The van der Waals surface area contributed by atoms with Crippen molar-refractivity contribution in [3.63, 3.8) is 0 Å². The van der Waals surface area contributed by atoms with Crippen LogP contribution in [0, 0.1) is 5.41 Å². The van der Waals surface area contributed by atoms with Gasteiger partial charge in [-0.1, -0.05) is 25.6 Å². The summed E-state index contributed by atoms with van der Waals surface area (Å²) in [5.74, 6) is -3.15. The predicted octanol–water partition coefficient (Wildman–Crippen LogP) is -2.92. The van der Waals surface area contributed by atoms with E-state index < -0.39 is 102 Å². The van der Waals surface area contributed by atoms with E-state index in [1.165, 1.54) is 13.8 Å². The fourth-order valence-electron chi connectivity index (χ4n) is 4.47. The number of nitrogens with one attached hydrogen (secondary N) is 2. The molecule has 1 aliphatic heterocycles. The van der Waals surface area contributed by atoms with Gasteiger partial charge in [0.15, 0.2) is 23.7 Å². The normalized spacial score (nSPS) is 22.3. The first-order valence-electron chi connectivity index (χ1n) is 15.4. The molecule has 0 spiro atoms. The molecule has 3 rings (SSSR count). The number of rotatable bonds is 21. The lowest BCUT2D eigenvalue weighted by Crippen LogP contribution is -2.46. The number of ether oxygens (including phenoxy) is 1. The summed E-state index contributed by atoms with van der Waals surface area (Å²) in [6.45, 7) is 0.0146. The Morgan fingerprint density at radius 3 is 2.35 bits per heavy atom. The van der Waals surface area contributed by atoms with Crippen LogP contribution in [-0.4, -0.2) is 140 Å². The zero-order valence-corrected chi connectivity index (χ0v) is 32.1. The smallest absolute Gasteiger partial charge is 0.480 e. The molecule has 0 aliphatic carbocycles. The second-order valence-corrected chi connectivity index (χ2v) is 17.4. The fourth-order valence-corrected chi connectivity index (χ4v) is 7.99. The Hall–Kier alpha value is -3.01. The van der Waals surface area contributed by atoms with Gasteiger partial charge >= 0.3 is 29.4 Å². The summed E-state index contributed by atoms with van der Waals surface area (Å²) < 4.78 is 61.8. The molecule has 1 aliphatic rings. The summed E-state index contributed by atoms with van der Waals surface area (Å²) in [6.07, 6.45) is -7.18. The quantitative estimate of drug-likeness (QED) is 0.0340. The molecule has 2 aromatic rings. The van der Waals surface area contributed by atoms with Crippen LogP contribution in [0.4, 0.5) is 5.82 Å². The number of nitrogen functional groups attached to an aromatic ring is 1. The van der Waals surface area contributed by atoms with Gasteiger partial charge in [-0.05, 0) is 0 Å². The Kier molecular flexibility index (Phi) is 16.0. The number of nitrogens with two attached hydrogens (primary N) is 2. The van der Waals surface area contributed by atoms with Crippen LogP contribution in [0.2, 0.25) is 0 Å². The van der Waals surface area contributed by atoms with E-state index in [2.05, 4.69) is 34.4 Å². The minimum Gasteiger partial charge on any atom is -0.480 e. The Bertz CT molecular complexity index is 1860. The Morgan fingerprint density at radius 2 is 1.71 bits per heavy atom. The molecule has 2 aromatic heterocycles. The van der Waals surface area contributed by atoms with Gasteiger partial charge in [-0.25, -0.2) is 28.6 Å². The van der Waals surface area contributed by atoms with Crippen LogP contribution in [0.5, 0.6) is 0 Å². The van der Waals surface area contributed by atoms with Crippen molar-refractivity contribution in [3.05, 3.63) is 12.7 Å². The van der Waals surface area contributed by atoms with Crippen molar-refractivity contribution in [2.24, 2.45) is 11.1 Å². The number of phosphoric ester groups is 3. The molecule has 0 aromatic carbocycles. The summed E-state index contributed by atoms with van der Waals surface area (Å²) in [5, 5.41) is 33.9. The van der Waals surface area contributed by atoms with Gasteiger partial charge in [-0.2, -0.15) is 4.31 Å². The minimum absolute atomic E-state index is 0.0153. The monoisotopic (exact) mass is 868 g/mol. The zero-order valence-electron chi connectivity index (χ0n) is 28.6. The van der Waals surface area contributed by atoms with Crippen LogP contribution < -0.4 is 22.1 Å². The molecule has 0 saturated carbocycles. The van der Waals surface area contributed by atoms with Gasteiger partial charge in [0.2, 0.25) is 16.9 Å². The number of hydrogen-bond donors (Lipinski definition) is 11. The molecule has 8 atom stereocenters. The third-order valence-electron chi connectivity index (χ3n) is 7.27. The highest BCUT2D eigenvalue weighted by Gasteiger charge is 2.50. The molecule has 13 N–H and O–H groups in total. The van der Waals surface area contributed by atoms with Crippen molar-refractivity contribution in [2.75, 3.05) is 37.8 Å². The predicted molar refractivity (Wildman–Crippen MR) is 183 cm³/mol. The lowest BCUT2D eigenvalue weighted by Gasteiger charge is -2.30. The highest BCUT2D eigenvalue weighted by Crippen LogP contribution is 2.61. The lowest BCUT2D eigenvalue weighted by atomic mass is 9.87. The number of anilines is 1. The van der Waals surface area contributed by atoms with Gasteiger partial charge in [-0.3, -0.25) is 37.3 Å². The third-order valence-corrected chi connectivity index (χ3v) is 11.3. The molecule has 3 heterocycles. The average Bonchev–Trinajstić information content (AvgIpc) is 3.64. The molecule has 31 heteroatoms. The number of nitrogens with zero attached hydrogens (tertiary/aromatic N) is 4. The van der Waals surface area contributed by atoms with Crippen molar-refractivity contribution in [1.29, 1.82) is 0 Å². The van der Waals surface area contributed by atoms with Gasteiger partial charge in [-0.15, -0.1) is 0 Å². The molecule has 0 bridgehead atoms. The minimum atomic E-state index is -5.59. The highest BCUT2D eigenvalue weighted by atomic mass is 32.2. The molecule has 3 unspecified atom stereocenters. The molecule has 1 saturated heterocycles. The maximum Gasteiger partial charge on any atom is 0.481 e. The SMILES string of the molecule is CC(C)(COP(=O)(O)OP(=O)(O)OC[C@H]1O[C@@H](n2cnc3c(N)ncnc32)[C@H](O)[C@@H]1OP(=O)(O)O)[C@@H](O)C(=O)NCCC(=O)NCCSC(=O)C(N)C(=O)O. The van der Waals surface area contributed by atoms with Gasteiger partial charge in [0.25, 0.3) is 0 Å². The summed E-state index contributed by atoms with van der Waals surface area (Å²) in [4.78, 5) is 97.5. The maximum absolute atomic E-state index is 12.6. The Morgan fingerprint density at radius 1 is 1.05 bits per heavy atom. The highest BCUT2D eigenvalue weighted by molar-refractivity contribution is 8.13. The number of thioether (sulfide) groups is 1. The van der Waals surface area contributed by atoms with Crippen molar-refractivity contribution in [3.8, 4) is 0 Å². The number of fused-ring (bicyclic) bond motifs is 1. The number of amides is 2. The van der Waals surface area contributed by atoms with E-state index in [0.29, 0.717) is 11.8 Å². The topological polar surface area (TPSA) is 427 Å². The average molecular weight is 869 g/mol. The second-order valence-electron chi connectivity index (χ2n) is 12.1. The molecule has 0 radical (unpaired) electrons. The van der Waals surface area contributed by atoms with E-state index in [0.717, 1.165) is 17.2 Å². The lowest BCUT2D eigenvalue weighted by molar-refractivity contribution is -0.140. The molecular formula is C24H39N8O19P3S. The van der Waals surface area contributed by atoms with Gasteiger partial charge in [0.05, 0.1) is 19.5 Å². The standard InChI is InChI=1S/C24H39N8O19P3S/c1-24(2,17(35)20(36)28-4-3-12(33)27-5-6-55-23(39)13(25)22(37)38)8-48-54(45,46)51-53(43,44)47-7-11-16(50-52(40,41)42)15(34)21(49-11)32-10-31-14-18(26)29-9-30-19(14)32/h9-11,13,15-17,21,34-35H,3-8,25H2,1-2H3,(H,27,33)(H,28,36)(H,37,38)(H,43,44)(H,45,46)(H2,26,29,30)(H2,40,41,42)/t11-,13?,15-,16-,17+,21-/m1/s1. The van der Waals surface area contributed by atoms with E-state index in [-0.39, 0.29) is 42.2 Å². The van der Waals surface area contributed by atoms with Crippen LogP contribution in [0.3, 0.4) is 0 Å². The van der Waals surface area contributed by atoms with E-state index in [1.807, 2.05) is 0 Å². The van der Waals surface area contributed by atoms with Crippen LogP contribution >= 0.6 is 35.2 Å². The molecule has 310 valence electrons. The van der Waals surface area contributed by atoms with E-state index in [9.17, 15) is 62.7 Å². The molecule has 55 heavy (non-hydrogen) atoms. The second kappa shape index (κ2) is 19.0. The number of imidazole rings is 1. The van der Waals surface area contributed by atoms with Gasteiger partial charge < -0.3 is 61.7 Å².